The van der Waals surface area contributed by atoms with E-state index < -0.39 is 0 Å². The average Bonchev–Trinajstić information content (AvgIpc) is 2.47. The number of ether oxygens (including phenoxy) is 2. The van der Waals surface area contributed by atoms with Crippen molar-refractivity contribution in [2.45, 2.75) is 13.3 Å². The molecule has 0 saturated carbocycles. The summed E-state index contributed by atoms with van der Waals surface area (Å²) < 4.78 is 10.5. The summed E-state index contributed by atoms with van der Waals surface area (Å²) in [4.78, 5) is 11.7. The number of hydrogen-bond donors (Lipinski definition) is 1. The SMILES string of the molecule is COc1cc(Cc2ccccc2)c(OC)c(O)c1C(C)=O. The van der Waals surface area contributed by atoms with Crippen LogP contribution in [0.4, 0.5) is 0 Å². The molecular weight excluding hydrogens is 268 g/mol. The molecule has 0 amide bonds. The van der Waals surface area contributed by atoms with Gasteiger partial charge in [0.15, 0.2) is 17.3 Å². The van der Waals surface area contributed by atoms with Crippen LogP contribution in [0.1, 0.15) is 28.4 Å². The summed E-state index contributed by atoms with van der Waals surface area (Å²) in [5.74, 6) is 0.223. The van der Waals surface area contributed by atoms with Gasteiger partial charge in [0.05, 0.1) is 14.2 Å². The van der Waals surface area contributed by atoms with Gasteiger partial charge in [0.2, 0.25) is 0 Å². The zero-order chi connectivity index (χ0) is 15.4. The van der Waals surface area contributed by atoms with E-state index in [0.717, 1.165) is 11.1 Å². The molecular formula is C17H18O4. The van der Waals surface area contributed by atoms with Crippen LogP contribution in [0.5, 0.6) is 17.2 Å². The van der Waals surface area contributed by atoms with Gasteiger partial charge in [0, 0.05) is 12.0 Å². The summed E-state index contributed by atoms with van der Waals surface area (Å²) in [5, 5.41) is 10.3. The highest BCUT2D eigenvalue weighted by molar-refractivity contribution is 6.00. The number of benzene rings is 2. The second-order valence-electron chi connectivity index (χ2n) is 4.71. The monoisotopic (exact) mass is 286 g/mol. The van der Waals surface area contributed by atoms with Gasteiger partial charge in [-0.25, -0.2) is 0 Å². The first kappa shape index (κ1) is 14.9. The fourth-order valence-electron chi connectivity index (χ4n) is 2.35. The number of Topliss-reactive ketones (excluding diaryl/α,β-unsaturated/α-hetero) is 1. The minimum Gasteiger partial charge on any atom is -0.504 e. The van der Waals surface area contributed by atoms with Gasteiger partial charge in [-0.2, -0.15) is 0 Å². The number of ketones is 1. The van der Waals surface area contributed by atoms with Gasteiger partial charge in [0.25, 0.3) is 0 Å². The number of carbonyl (C=O) groups excluding carboxylic acids is 1. The van der Waals surface area contributed by atoms with E-state index in [-0.39, 0.29) is 17.1 Å². The summed E-state index contributed by atoms with van der Waals surface area (Å²) >= 11 is 0. The molecule has 0 atom stereocenters. The van der Waals surface area contributed by atoms with Crippen LogP contribution in [0.25, 0.3) is 0 Å². The Kier molecular flexibility index (Phi) is 4.48. The lowest BCUT2D eigenvalue weighted by molar-refractivity contribution is 0.101. The van der Waals surface area contributed by atoms with E-state index in [1.807, 2.05) is 30.3 Å². The second kappa shape index (κ2) is 6.31. The van der Waals surface area contributed by atoms with Gasteiger partial charge in [0.1, 0.15) is 11.3 Å². The standard InChI is InChI=1S/C17H18O4/c1-11(18)15-14(20-2)10-13(17(21-3)16(15)19)9-12-7-5-4-6-8-12/h4-8,10,19H,9H2,1-3H3. The molecule has 2 aromatic rings. The first-order chi connectivity index (χ1) is 10.1. The van der Waals surface area contributed by atoms with Crippen LogP contribution in [-0.2, 0) is 6.42 Å². The van der Waals surface area contributed by atoms with Crippen molar-refractivity contribution in [2.24, 2.45) is 0 Å². The molecule has 0 aliphatic rings. The zero-order valence-electron chi connectivity index (χ0n) is 12.3. The Morgan fingerprint density at radius 2 is 1.81 bits per heavy atom. The van der Waals surface area contributed by atoms with Gasteiger partial charge in [-0.05, 0) is 18.6 Å². The second-order valence-corrected chi connectivity index (χ2v) is 4.71. The van der Waals surface area contributed by atoms with Crippen molar-refractivity contribution in [2.75, 3.05) is 14.2 Å². The number of methoxy groups -OCH3 is 2. The number of phenols is 1. The van der Waals surface area contributed by atoms with Crippen LogP contribution in [-0.4, -0.2) is 25.1 Å². The Balaban J connectivity index is 2.55. The third-order valence-corrected chi connectivity index (χ3v) is 3.31. The van der Waals surface area contributed by atoms with Crippen molar-refractivity contribution in [1.82, 2.24) is 0 Å². The molecule has 4 nitrogen and oxygen atoms in total. The van der Waals surface area contributed by atoms with Crippen molar-refractivity contribution in [3.8, 4) is 17.2 Å². The van der Waals surface area contributed by atoms with E-state index in [1.54, 1.807) is 6.07 Å². The lowest BCUT2D eigenvalue weighted by Gasteiger charge is -2.16. The third kappa shape index (κ3) is 2.99. The Labute approximate surface area is 123 Å². The first-order valence-electron chi connectivity index (χ1n) is 6.60. The normalized spacial score (nSPS) is 10.2. The van der Waals surface area contributed by atoms with E-state index in [9.17, 15) is 9.90 Å². The molecule has 0 aliphatic heterocycles. The first-order valence-corrected chi connectivity index (χ1v) is 6.60. The maximum Gasteiger partial charge on any atom is 0.172 e. The number of rotatable bonds is 5. The summed E-state index contributed by atoms with van der Waals surface area (Å²) in [5.41, 5.74) is 1.99. The Hall–Kier alpha value is -2.49. The van der Waals surface area contributed by atoms with Crippen LogP contribution < -0.4 is 9.47 Å². The highest BCUT2D eigenvalue weighted by atomic mass is 16.5. The summed E-state index contributed by atoms with van der Waals surface area (Å²) in [6, 6.07) is 11.6. The molecule has 0 spiro atoms. The summed E-state index contributed by atoms with van der Waals surface area (Å²) in [6.07, 6.45) is 0.576. The van der Waals surface area contributed by atoms with Gasteiger partial charge in [-0.1, -0.05) is 30.3 Å². The topological polar surface area (TPSA) is 55.8 Å². The van der Waals surface area contributed by atoms with Crippen LogP contribution in [0, 0.1) is 0 Å². The fraction of sp³-hybridized carbons (Fsp3) is 0.235. The van der Waals surface area contributed by atoms with Gasteiger partial charge in [-0.3, -0.25) is 4.79 Å². The van der Waals surface area contributed by atoms with E-state index >= 15 is 0 Å². The lowest BCUT2D eigenvalue weighted by Crippen LogP contribution is -2.03. The minimum absolute atomic E-state index is 0.145. The number of hydrogen-bond acceptors (Lipinski definition) is 4. The Morgan fingerprint density at radius 3 is 2.33 bits per heavy atom. The van der Waals surface area contributed by atoms with Crippen molar-refractivity contribution in [1.29, 1.82) is 0 Å². The smallest absolute Gasteiger partial charge is 0.172 e. The fourth-order valence-corrected chi connectivity index (χ4v) is 2.35. The van der Waals surface area contributed by atoms with E-state index in [1.165, 1.54) is 21.1 Å². The predicted molar refractivity (Wildman–Crippen MR) is 80.5 cm³/mol. The lowest BCUT2D eigenvalue weighted by atomic mass is 9.99. The van der Waals surface area contributed by atoms with Crippen molar-refractivity contribution >= 4 is 5.78 Å². The molecule has 4 heteroatoms. The third-order valence-electron chi connectivity index (χ3n) is 3.31. The summed E-state index contributed by atoms with van der Waals surface area (Å²) in [7, 11) is 2.94. The number of aromatic hydroxyl groups is 1. The zero-order valence-corrected chi connectivity index (χ0v) is 12.3. The highest BCUT2D eigenvalue weighted by Gasteiger charge is 2.22. The molecule has 0 fully saturated rings. The Morgan fingerprint density at radius 1 is 1.14 bits per heavy atom. The average molecular weight is 286 g/mol. The van der Waals surface area contributed by atoms with E-state index in [4.69, 9.17) is 9.47 Å². The van der Waals surface area contributed by atoms with Crippen molar-refractivity contribution in [3.63, 3.8) is 0 Å². The molecule has 2 aromatic carbocycles. The molecule has 110 valence electrons. The van der Waals surface area contributed by atoms with Crippen LogP contribution in [0.2, 0.25) is 0 Å². The van der Waals surface area contributed by atoms with Crippen LogP contribution in [0.3, 0.4) is 0 Å². The van der Waals surface area contributed by atoms with Crippen molar-refractivity contribution in [3.05, 3.63) is 53.1 Å². The molecule has 1 N–H and O–H groups in total. The molecule has 0 unspecified atom stereocenters. The summed E-state index contributed by atoms with van der Waals surface area (Å²) in [6.45, 7) is 1.38. The number of carbonyl (C=O) groups is 1. The minimum atomic E-state index is -0.270. The molecule has 0 heterocycles. The quantitative estimate of drug-likeness (QED) is 0.858. The largest absolute Gasteiger partial charge is 0.504 e. The highest BCUT2D eigenvalue weighted by Crippen LogP contribution is 2.41. The molecule has 0 saturated heterocycles. The van der Waals surface area contributed by atoms with Gasteiger partial charge in [-0.15, -0.1) is 0 Å². The van der Waals surface area contributed by atoms with E-state index in [0.29, 0.717) is 17.9 Å². The van der Waals surface area contributed by atoms with E-state index in [2.05, 4.69) is 0 Å². The van der Waals surface area contributed by atoms with Gasteiger partial charge < -0.3 is 14.6 Å². The maximum atomic E-state index is 11.7. The predicted octanol–water partition coefficient (Wildman–Crippen LogP) is 3.20. The van der Waals surface area contributed by atoms with Crippen molar-refractivity contribution < 1.29 is 19.4 Å². The molecule has 0 aliphatic carbocycles. The molecule has 0 bridgehead atoms. The Bertz CT molecular complexity index is 648. The maximum absolute atomic E-state index is 11.7. The van der Waals surface area contributed by atoms with Crippen LogP contribution >= 0.6 is 0 Å². The molecule has 21 heavy (non-hydrogen) atoms. The van der Waals surface area contributed by atoms with Gasteiger partial charge >= 0.3 is 0 Å². The molecule has 0 aromatic heterocycles. The van der Waals surface area contributed by atoms with Crippen LogP contribution in [0.15, 0.2) is 36.4 Å². The molecule has 0 radical (unpaired) electrons. The molecule has 2 rings (SSSR count). The number of phenolic OH excluding ortho intramolecular Hbond substituents is 1.